The lowest BCUT2D eigenvalue weighted by Crippen LogP contribution is -2.36. The molecule has 1 aliphatic rings. The van der Waals surface area contributed by atoms with Gasteiger partial charge in [-0.25, -0.2) is 10.1 Å². The minimum atomic E-state index is -0.786. The summed E-state index contributed by atoms with van der Waals surface area (Å²) in [5.41, 5.74) is 1.08. The van der Waals surface area contributed by atoms with Gasteiger partial charge in [0.1, 0.15) is 6.33 Å². The molecule has 0 bridgehead atoms. The maximum Gasteiger partial charge on any atom is 0.330 e. The Morgan fingerprint density at radius 3 is 2.86 bits per heavy atom. The van der Waals surface area contributed by atoms with E-state index < -0.39 is 11.1 Å². The van der Waals surface area contributed by atoms with Gasteiger partial charge >= 0.3 is 11.1 Å². The van der Waals surface area contributed by atoms with Crippen LogP contribution in [-0.4, -0.2) is 29.3 Å². The Bertz CT molecular complexity index is 980. The van der Waals surface area contributed by atoms with Crippen molar-refractivity contribution in [3.63, 3.8) is 0 Å². The molecule has 1 fully saturated rings. The third-order valence-corrected chi connectivity index (χ3v) is 3.83. The maximum absolute atomic E-state index is 12.1. The van der Waals surface area contributed by atoms with Crippen molar-refractivity contribution in [2.75, 3.05) is 0 Å². The zero-order valence-corrected chi connectivity index (χ0v) is 11.6. The summed E-state index contributed by atoms with van der Waals surface area (Å²) in [6.07, 6.45) is 7.15. The minimum absolute atomic E-state index is 0.192. The predicted octanol–water partition coefficient (Wildman–Crippen LogP) is -0.0618. The van der Waals surface area contributed by atoms with E-state index >= 15 is 0 Å². The number of nitrogens with one attached hydrogen (secondary N) is 1. The van der Waals surface area contributed by atoms with Crippen LogP contribution in [0.1, 0.15) is 30.0 Å². The van der Waals surface area contributed by atoms with E-state index in [9.17, 15) is 14.7 Å². The number of aromatic amines is 1. The van der Waals surface area contributed by atoms with Gasteiger partial charge in [0.15, 0.2) is 5.65 Å². The van der Waals surface area contributed by atoms with Crippen LogP contribution in [-0.2, 0) is 6.61 Å². The SMILES string of the molecule is O=c1[nH]ncn(-c2cc(C3CC3)cn3cc(CO)nc23)c1=O. The van der Waals surface area contributed by atoms with Crippen LogP contribution in [0.2, 0.25) is 0 Å². The number of pyridine rings is 1. The first kappa shape index (κ1) is 13.0. The van der Waals surface area contributed by atoms with E-state index in [-0.39, 0.29) is 6.61 Å². The highest BCUT2D eigenvalue weighted by Crippen LogP contribution is 2.40. The monoisotopic (exact) mass is 299 g/mol. The van der Waals surface area contributed by atoms with E-state index in [1.165, 1.54) is 10.9 Å². The van der Waals surface area contributed by atoms with Gasteiger partial charge < -0.3 is 9.51 Å². The average molecular weight is 299 g/mol. The molecule has 1 saturated carbocycles. The third-order valence-electron chi connectivity index (χ3n) is 3.83. The van der Waals surface area contributed by atoms with Crippen molar-refractivity contribution in [1.29, 1.82) is 0 Å². The minimum Gasteiger partial charge on any atom is -0.390 e. The molecule has 3 aromatic heterocycles. The molecule has 4 rings (SSSR count). The number of aromatic nitrogens is 5. The molecule has 8 nitrogen and oxygen atoms in total. The number of rotatable bonds is 3. The van der Waals surface area contributed by atoms with Crippen LogP contribution in [0.25, 0.3) is 11.3 Å². The lowest BCUT2D eigenvalue weighted by Gasteiger charge is -2.08. The highest BCUT2D eigenvalue weighted by molar-refractivity contribution is 5.61. The molecule has 0 atom stereocenters. The maximum atomic E-state index is 12.1. The zero-order valence-electron chi connectivity index (χ0n) is 11.6. The summed E-state index contributed by atoms with van der Waals surface area (Å²) >= 11 is 0. The van der Waals surface area contributed by atoms with Gasteiger partial charge in [-0.15, -0.1) is 0 Å². The molecule has 0 radical (unpaired) electrons. The Kier molecular flexibility index (Phi) is 2.73. The Balaban J connectivity index is 2.06. The summed E-state index contributed by atoms with van der Waals surface area (Å²) in [5.74, 6) is 0.466. The van der Waals surface area contributed by atoms with Gasteiger partial charge in [0.2, 0.25) is 0 Å². The number of H-pyrrole nitrogens is 1. The number of hydrogen-bond acceptors (Lipinski definition) is 5. The molecule has 0 amide bonds. The van der Waals surface area contributed by atoms with Gasteiger partial charge in [-0.1, -0.05) is 0 Å². The molecule has 22 heavy (non-hydrogen) atoms. The second-order valence-electron chi connectivity index (χ2n) is 5.41. The van der Waals surface area contributed by atoms with Crippen molar-refractivity contribution in [2.24, 2.45) is 0 Å². The van der Waals surface area contributed by atoms with Gasteiger partial charge in [-0.2, -0.15) is 5.10 Å². The van der Waals surface area contributed by atoms with Gasteiger partial charge in [0.25, 0.3) is 0 Å². The standard InChI is InChI=1S/C14H13N5O3/c20-6-10-5-18-4-9(8-1-2-8)3-11(12(18)16-10)19-7-15-17-13(21)14(19)22/h3-5,7-8,20H,1-2,6H2,(H,17,21). The molecule has 3 heterocycles. The number of aliphatic hydroxyl groups is 1. The highest BCUT2D eigenvalue weighted by atomic mass is 16.3. The Labute approximate surface area is 123 Å². The summed E-state index contributed by atoms with van der Waals surface area (Å²) < 4.78 is 2.97. The molecule has 0 aromatic carbocycles. The number of fused-ring (bicyclic) bond motifs is 1. The quantitative estimate of drug-likeness (QED) is 0.659. The van der Waals surface area contributed by atoms with Gasteiger partial charge in [0.05, 0.1) is 18.0 Å². The van der Waals surface area contributed by atoms with Crippen LogP contribution in [0.3, 0.4) is 0 Å². The lowest BCUT2D eigenvalue weighted by molar-refractivity contribution is 0.277. The van der Waals surface area contributed by atoms with Gasteiger partial charge in [-0.3, -0.25) is 14.2 Å². The van der Waals surface area contributed by atoms with Crippen molar-refractivity contribution in [3.05, 3.63) is 56.8 Å². The number of aliphatic hydroxyl groups excluding tert-OH is 1. The smallest absolute Gasteiger partial charge is 0.330 e. The Hall–Kier alpha value is -2.74. The number of imidazole rings is 1. The van der Waals surface area contributed by atoms with Crippen molar-refractivity contribution in [2.45, 2.75) is 25.4 Å². The first-order valence-corrected chi connectivity index (χ1v) is 6.96. The third kappa shape index (κ3) is 1.96. The molecule has 2 N–H and O–H groups in total. The first-order valence-electron chi connectivity index (χ1n) is 6.96. The second kappa shape index (κ2) is 4.63. The summed E-state index contributed by atoms with van der Waals surface area (Å²) in [6, 6.07) is 1.86. The van der Waals surface area contributed by atoms with E-state index in [0.717, 1.165) is 18.4 Å². The lowest BCUT2D eigenvalue weighted by atomic mass is 10.2. The van der Waals surface area contributed by atoms with E-state index in [1.54, 1.807) is 10.6 Å². The summed E-state index contributed by atoms with van der Waals surface area (Å²) in [7, 11) is 0. The van der Waals surface area contributed by atoms with Crippen LogP contribution >= 0.6 is 0 Å². The predicted molar refractivity (Wildman–Crippen MR) is 77.1 cm³/mol. The topological polar surface area (TPSA) is 105 Å². The fourth-order valence-corrected chi connectivity index (χ4v) is 2.57. The van der Waals surface area contributed by atoms with Gasteiger partial charge in [-0.05, 0) is 30.4 Å². The molecule has 8 heteroatoms. The van der Waals surface area contributed by atoms with E-state index in [1.807, 2.05) is 12.3 Å². The van der Waals surface area contributed by atoms with Crippen molar-refractivity contribution in [1.82, 2.24) is 24.1 Å². The molecule has 0 saturated heterocycles. The second-order valence-corrected chi connectivity index (χ2v) is 5.41. The molecule has 0 spiro atoms. The molecule has 3 aromatic rings. The van der Waals surface area contributed by atoms with Crippen LogP contribution in [0.15, 0.2) is 34.4 Å². The van der Waals surface area contributed by atoms with Gasteiger partial charge in [0, 0.05) is 12.4 Å². The van der Waals surface area contributed by atoms with E-state index in [4.69, 9.17) is 0 Å². The fourth-order valence-electron chi connectivity index (χ4n) is 2.57. The molecule has 1 aliphatic carbocycles. The summed E-state index contributed by atoms with van der Waals surface area (Å²) in [5, 5.41) is 15.1. The van der Waals surface area contributed by atoms with Crippen molar-refractivity contribution in [3.8, 4) is 5.69 Å². The average Bonchev–Trinajstić information content (AvgIpc) is 3.28. The fraction of sp³-hybridized carbons (Fsp3) is 0.286. The largest absolute Gasteiger partial charge is 0.390 e. The van der Waals surface area contributed by atoms with Crippen LogP contribution in [0, 0.1) is 0 Å². The summed E-state index contributed by atoms with van der Waals surface area (Å²) in [4.78, 5) is 27.9. The Morgan fingerprint density at radius 1 is 1.32 bits per heavy atom. The first-order chi connectivity index (χ1) is 10.7. The Morgan fingerprint density at radius 2 is 2.14 bits per heavy atom. The van der Waals surface area contributed by atoms with Crippen LogP contribution in [0.5, 0.6) is 0 Å². The normalized spacial score (nSPS) is 14.6. The van der Waals surface area contributed by atoms with E-state index in [0.29, 0.717) is 22.9 Å². The van der Waals surface area contributed by atoms with Crippen molar-refractivity contribution >= 4 is 5.65 Å². The molecule has 0 unspecified atom stereocenters. The zero-order chi connectivity index (χ0) is 15.3. The number of nitrogens with zero attached hydrogens (tertiary/aromatic N) is 4. The highest BCUT2D eigenvalue weighted by Gasteiger charge is 2.25. The molecular formula is C14H13N5O3. The molecular weight excluding hydrogens is 286 g/mol. The van der Waals surface area contributed by atoms with Crippen LogP contribution < -0.4 is 11.1 Å². The summed E-state index contributed by atoms with van der Waals surface area (Å²) in [6.45, 7) is -0.192. The molecule has 0 aliphatic heterocycles. The van der Waals surface area contributed by atoms with Crippen molar-refractivity contribution < 1.29 is 5.11 Å². The van der Waals surface area contributed by atoms with Crippen LogP contribution in [0.4, 0.5) is 0 Å². The number of hydrogen-bond donors (Lipinski definition) is 2. The van der Waals surface area contributed by atoms with E-state index in [2.05, 4.69) is 15.2 Å². The molecule has 112 valence electrons.